The lowest BCUT2D eigenvalue weighted by atomic mass is 10.1. The molecule has 0 saturated carbocycles. The number of rotatable bonds is 4. The first-order valence-corrected chi connectivity index (χ1v) is 7.50. The summed E-state index contributed by atoms with van der Waals surface area (Å²) in [4.78, 5) is 8.63. The van der Waals surface area contributed by atoms with Crippen molar-refractivity contribution in [3.63, 3.8) is 0 Å². The fourth-order valence-electron chi connectivity index (χ4n) is 1.53. The smallest absolute Gasteiger partial charge is 0.238 e. The number of nitrogens with one attached hydrogen (secondary N) is 1. The SMILES string of the molecule is CC(C)(C)NCc1cncc(Oc2cccc(I)c2)n1. The molecule has 0 atom stereocenters. The summed E-state index contributed by atoms with van der Waals surface area (Å²) < 4.78 is 6.85. The molecule has 2 aromatic rings. The molecule has 1 N–H and O–H groups in total. The van der Waals surface area contributed by atoms with E-state index in [1.54, 1.807) is 12.4 Å². The van der Waals surface area contributed by atoms with Crippen molar-refractivity contribution in [3.05, 3.63) is 45.9 Å². The summed E-state index contributed by atoms with van der Waals surface area (Å²) in [7, 11) is 0. The molecule has 2 rings (SSSR count). The van der Waals surface area contributed by atoms with Gasteiger partial charge in [-0.2, -0.15) is 0 Å². The minimum absolute atomic E-state index is 0.0497. The first-order chi connectivity index (χ1) is 9.42. The summed E-state index contributed by atoms with van der Waals surface area (Å²) >= 11 is 2.25. The van der Waals surface area contributed by atoms with Gasteiger partial charge in [0.1, 0.15) is 5.75 Å². The normalized spacial score (nSPS) is 11.4. The molecule has 1 aromatic heterocycles. The van der Waals surface area contributed by atoms with E-state index in [9.17, 15) is 0 Å². The topological polar surface area (TPSA) is 47.0 Å². The third kappa shape index (κ3) is 5.05. The molecule has 0 aliphatic carbocycles. The van der Waals surface area contributed by atoms with Crippen LogP contribution in [-0.4, -0.2) is 15.5 Å². The Morgan fingerprint density at radius 3 is 2.75 bits per heavy atom. The summed E-state index contributed by atoms with van der Waals surface area (Å²) in [5.41, 5.74) is 0.914. The predicted octanol–water partition coefficient (Wildman–Crippen LogP) is 3.76. The molecule has 0 fully saturated rings. The number of ether oxygens (including phenoxy) is 1. The Bertz CT molecular complexity index is 581. The Balaban J connectivity index is 2.06. The van der Waals surface area contributed by atoms with Crippen LogP contribution in [0.5, 0.6) is 11.6 Å². The average Bonchev–Trinajstić information content (AvgIpc) is 2.36. The number of hydrogen-bond donors (Lipinski definition) is 1. The van der Waals surface area contributed by atoms with Gasteiger partial charge in [0.25, 0.3) is 0 Å². The highest BCUT2D eigenvalue weighted by atomic mass is 127. The third-order valence-corrected chi connectivity index (χ3v) is 3.15. The molecule has 0 spiro atoms. The molecule has 106 valence electrons. The number of benzene rings is 1. The molecule has 0 unspecified atom stereocenters. The maximum absolute atomic E-state index is 5.73. The third-order valence-electron chi connectivity index (χ3n) is 2.48. The van der Waals surface area contributed by atoms with Gasteiger partial charge in [-0.3, -0.25) is 4.98 Å². The highest BCUT2D eigenvalue weighted by Crippen LogP contribution is 2.20. The van der Waals surface area contributed by atoms with Crippen molar-refractivity contribution in [1.29, 1.82) is 0 Å². The average molecular weight is 383 g/mol. The monoisotopic (exact) mass is 383 g/mol. The first-order valence-electron chi connectivity index (χ1n) is 6.42. The maximum atomic E-state index is 5.73. The van der Waals surface area contributed by atoms with Crippen LogP contribution in [0, 0.1) is 3.57 Å². The summed E-state index contributed by atoms with van der Waals surface area (Å²) in [6, 6.07) is 7.84. The lowest BCUT2D eigenvalue weighted by Gasteiger charge is -2.20. The number of nitrogens with zero attached hydrogens (tertiary/aromatic N) is 2. The minimum Gasteiger partial charge on any atom is -0.437 e. The van der Waals surface area contributed by atoms with E-state index in [4.69, 9.17) is 4.74 Å². The van der Waals surface area contributed by atoms with E-state index in [-0.39, 0.29) is 5.54 Å². The molecule has 4 nitrogen and oxygen atoms in total. The fourth-order valence-corrected chi connectivity index (χ4v) is 2.04. The van der Waals surface area contributed by atoms with Crippen molar-refractivity contribution in [3.8, 4) is 11.6 Å². The highest BCUT2D eigenvalue weighted by Gasteiger charge is 2.09. The molecule has 0 aliphatic rings. The van der Waals surface area contributed by atoms with Gasteiger partial charge in [-0.15, -0.1) is 0 Å². The molecule has 0 radical (unpaired) electrons. The van der Waals surface area contributed by atoms with Crippen LogP contribution in [0.4, 0.5) is 0 Å². The van der Waals surface area contributed by atoms with E-state index in [1.165, 1.54) is 0 Å². The fraction of sp³-hybridized carbons (Fsp3) is 0.333. The van der Waals surface area contributed by atoms with Gasteiger partial charge in [0, 0.05) is 21.9 Å². The van der Waals surface area contributed by atoms with Crippen molar-refractivity contribution in [2.24, 2.45) is 0 Å². The summed E-state index contributed by atoms with van der Waals surface area (Å²) in [5.74, 6) is 1.28. The largest absolute Gasteiger partial charge is 0.437 e. The molecule has 0 bridgehead atoms. The van der Waals surface area contributed by atoms with Crippen molar-refractivity contribution in [2.45, 2.75) is 32.9 Å². The van der Waals surface area contributed by atoms with Gasteiger partial charge in [-0.25, -0.2) is 4.98 Å². The lowest BCUT2D eigenvalue weighted by Crippen LogP contribution is -2.35. The zero-order valence-electron chi connectivity index (χ0n) is 11.9. The van der Waals surface area contributed by atoms with E-state index < -0.39 is 0 Å². The quantitative estimate of drug-likeness (QED) is 0.817. The lowest BCUT2D eigenvalue weighted by molar-refractivity contribution is 0.414. The zero-order chi connectivity index (χ0) is 14.6. The van der Waals surface area contributed by atoms with Crippen LogP contribution in [0.2, 0.25) is 0 Å². The molecular formula is C15H18IN3O. The standard InChI is InChI=1S/C15H18IN3O/c1-15(2,3)18-9-12-8-17-10-14(19-12)20-13-6-4-5-11(16)7-13/h4-8,10,18H,9H2,1-3H3. The summed E-state index contributed by atoms with van der Waals surface area (Å²) in [6.07, 6.45) is 3.38. The summed E-state index contributed by atoms with van der Waals surface area (Å²) in [5, 5.41) is 3.38. The van der Waals surface area contributed by atoms with Crippen molar-refractivity contribution in [1.82, 2.24) is 15.3 Å². The van der Waals surface area contributed by atoms with Gasteiger partial charge in [0.05, 0.1) is 11.9 Å². The second-order valence-corrected chi connectivity index (χ2v) is 6.76. The zero-order valence-corrected chi connectivity index (χ0v) is 14.0. The first kappa shape index (κ1) is 15.2. The molecule has 0 amide bonds. The van der Waals surface area contributed by atoms with Crippen LogP contribution in [0.25, 0.3) is 0 Å². The molecule has 5 heteroatoms. The van der Waals surface area contributed by atoms with E-state index in [1.807, 2.05) is 24.3 Å². The van der Waals surface area contributed by atoms with Crippen molar-refractivity contribution < 1.29 is 4.74 Å². The minimum atomic E-state index is 0.0497. The van der Waals surface area contributed by atoms with E-state index in [0.29, 0.717) is 12.4 Å². The number of halogens is 1. The summed E-state index contributed by atoms with van der Waals surface area (Å²) in [6.45, 7) is 7.02. The van der Waals surface area contributed by atoms with Gasteiger partial charge in [0.15, 0.2) is 0 Å². The van der Waals surface area contributed by atoms with Gasteiger partial charge >= 0.3 is 0 Å². The van der Waals surface area contributed by atoms with Crippen molar-refractivity contribution in [2.75, 3.05) is 0 Å². The number of hydrogen-bond acceptors (Lipinski definition) is 4. The maximum Gasteiger partial charge on any atom is 0.238 e. The van der Waals surface area contributed by atoms with E-state index in [2.05, 4.69) is 58.6 Å². The molecule has 0 saturated heterocycles. The molecule has 20 heavy (non-hydrogen) atoms. The van der Waals surface area contributed by atoms with E-state index >= 15 is 0 Å². The van der Waals surface area contributed by atoms with E-state index in [0.717, 1.165) is 15.0 Å². The van der Waals surface area contributed by atoms with Gasteiger partial charge in [-0.05, 0) is 61.6 Å². The van der Waals surface area contributed by atoms with Crippen LogP contribution in [0.3, 0.4) is 0 Å². The van der Waals surface area contributed by atoms with Gasteiger partial charge in [-0.1, -0.05) is 6.07 Å². The number of aromatic nitrogens is 2. The van der Waals surface area contributed by atoms with Gasteiger partial charge in [0.2, 0.25) is 5.88 Å². The second-order valence-electron chi connectivity index (χ2n) is 5.51. The Kier molecular flexibility index (Phi) is 4.93. The van der Waals surface area contributed by atoms with Crippen LogP contribution >= 0.6 is 22.6 Å². The van der Waals surface area contributed by atoms with Crippen molar-refractivity contribution >= 4 is 22.6 Å². The Labute approximate surface area is 133 Å². The Morgan fingerprint density at radius 1 is 1.25 bits per heavy atom. The van der Waals surface area contributed by atoms with Crippen LogP contribution < -0.4 is 10.1 Å². The molecule has 1 aromatic carbocycles. The highest BCUT2D eigenvalue weighted by molar-refractivity contribution is 14.1. The molecular weight excluding hydrogens is 365 g/mol. The van der Waals surface area contributed by atoms with Crippen LogP contribution in [0.1, 0.15) is 26.5 Å². The Hall–Kier alpha value is -1.21. The van der Waals surface area contributed by atoms with Crippen LogP contribution in [-0.2, 0) is 6.54 Å². The van der Waals surface area contributed by atoms with Crippen LogP contribution in [0.15, 0.2) is 36.7 Å². The van der Waals surface area contributed by atoms with Gasteiger partial charge < -0.3 is 10.1 Å². The molecule has 0 aliphatic heterocycles. The molecule has 1 heterocycles. The predicted molar refractivity (Wildman–Crippen MR) is 87.9 cm³/mol. The second kappa shape index (κ2) is 6.49. The Morgan fingerprint density at radius 2 is 2.05 bits per heavy atom.